The van der Waals surface area contributed by atoms with E-state index in [1.807, 2.05) is 0 Å². The first-order chi connectivity index (χ1) is 9.73. The van der Waals surface area contributed by atoms with Gasteiger partial charge in [-0.15, -0.1) is 0 Å². The van der Waals surface area contributed by atoms with Gasteiger partial charge in [-0.05, 0) is 25.5 Å². The van der Waals surface area contributed by atoms with Crippen molar-refractivity contribution in [2.45, 2.75) is 24.5 Å². The van der Waals surface area contributed by atoms with Gasteiger partial charge in [0.15, 0.2) is 5.76 Å². The van der Waals surface area contributed by atoms with Gasteiger partial charge in [0.1, 0.15) is 0 Å². The number of aliphatic hydroxyl groups excluding tert-OH is 1. The second-order valence-electron chi connectivity index (χ2n) is 5.45. The molecule has 0 radical (unpaired) electrons. The standard InChI is InChI=1S/C13H20N2O5S/c1-9(16)10-6-7-15(8-10)13(17)11-4-5-12(20-11)21(18,19)14(2)3/h4-5,9-10,16H,6-8H2,1-3H3. The zero-order valence-corrected chi connectivity index (χ0v) is 13.1. The van der Waals surface area contributed by atoms with Crippen molar-refractivity contribution >= 4 is 15.9 Å². The van der Waals surface area contributed by atoms with Crippen molar-refractivity contribution in [3.05, 3.63) is 17.9 Å². The minimum Gasteiger partial charge on any atom is -0.438 e. The number of rotatable bonds is 4. The predicted octanol–water partition coefficient (Wildman–Crippen LogP) is 0.373. The molecule has 2 atom stereocenters. The summed E-state index contributed by atoms with van der Waals surface area (Å²) in [5, 5.41) is 9.30. The van der Waals surface area contributed by atoms with Crippen LogP contribution in [-0.4, -0.2) is 61.9 Å². The lowest BCUT2D eigenvalue weighted by molar-refractivity contribution is 0.0726. The van der Waals surface area contributed by atoms with E-state index >= 15 is 0 Å². The number of hydrogen-bond donors (Lipinski definition) is 1. The molecular formula is C13H20N2O5S. The molecule has 0 spiro atoms. The molecule has 1 N–H and O–H groups in total. The Labute approximate surface area is 124 Å². The van der Waals surface area contributed by atoms with Crippen LogP contribution in [-0.2, 0) is 10.0 Å². The van der Waals surface area contributed by atoms with E-state index in [0.29, 0.717) is 13.1 Å². The molecule has 1 fully saturated rings. The van der Waals surface area contributed by atoms with E-state index in [4.69, 9.17) is 4.42 Å². The number of carbonyl (C=O) groups is 1. The van der Waals surface area contributed by atoms with Gasteiger partial charge in [0.05, 0.1) is 6.10 Å². The van der Waals surface area contributed by atoms with Crippen molar-refractivity contribution in [3.8, 4) is 0 Å². The van der Waals surface area contributed by atoms with Crippen LogP contribution in [0.2, 0.25) is 0 Å². The zero-order valence-electron chi connectivity index (χ0n) is 12.3. The first-order valence-corrected chi connectivity index (χ1v) is 8.17. The first-order valence-electron chi connectivity index (χ1n) is 6.73. The molecule has 1 saturated heterocycles. The van der Waals surface area contributed by atoms with Gasteiger partial charge < -0.3 is 14.4 Å². The fourth-order valence-electron chi connectivity index (χ4n) is 2.28. The van der Waals surface area contributed by atoms with Crippen LogP contribution in [0.4, 0.5) is 0 Å². The monoisotopic (exact) mass is 316 g/mol. The SMILES string of the molecule is CC(O)C1CCN(C(=O)c2ccc(S(=O)(=O)N(C)C)o2)C1. The molecule has 1 aliphatic heterocycles. The fraction of sp³-hybridized carbons (Fsp3) is 0.615. The van der Waals surface area contributed by atoms with Gasteiger partial charge in [0.2, 0.25) is 5.09 Å². The minimum atomic E-state index is -3.68. The third-order valence-electron chi connectivity index (χ3n) is 3.72. The van der Waals surface area contributed by atoms with E-state index in [0.717, 1.165) is 10.7 Å². The summed E-state index contributed by atoms with van der Waals surface area (Å²) in [6.45, 7) is 2.69. The Kier molecular flexibility index (Phi) is 4.40. The number of likely N-dealkylation sites (tertiary alicyclic amines) is 1. The number of amides is 1. The maximum Gasteiger partial charge on any atom is 0.289 e. The molecule has 1 amide bonds. The van der Waals surface area contributed by atoms with E-state index in [9.17, 15) is 18.3 Å². The van der Waals surface area contributed by atoms with Crippen molar-refractivity contribution in [3.63, 3.8) is 0 Å². The molecule has 2 rings (SSSR count). The lowest BCUT2D eigenvalue weighted by Crippen LogP contribution is -2.30. The van der Waals surface area contributed by atoms with Crippen molar-refractivity contribution in [1.82, 2.24) is 9.21 Å². The first kappa shape index (κ1) is 16.0. The van der Waals surface area contributed by atoms with Gasteiger partial charge in [0, 0.05) is 33.1 Å². The minimum absolute atomic E-state index is 0.00154. The van der Waals surface area contributed by atoms with E-state index in [1.54, 1.807) is 11.8 Å². The Morgan fingerprint density at radius 1 is 1.48 bits per heavy atom. The van der Waals surface area contributed by atoms with E-state index in [1.165, 1.54) is 26.2 Å². The number of aliphatic hydroxyl groups is 1. The number of hydrogen-bond acceptors (Lipinski definition) is 5. The molecule has 7 nitrogen and oxygen atoms in total. The Morgan fingerprint density at radius 3 is 2.67 bits per heavy atom. The third-order valence-corrected chi connectivity index (χ3v) is 5.41. The molecule has 0 saturated carbocycles. The van der Waals surface area contributed by atoms with Crippen LogP contribution in [0.15, 0.2) is 21.6 Å². The van der Waals surface area contributed by atoms with Gasteiger partial charge in [-0.1, -0.05) is 0 Å². The highest BCUT2D eigenvalue weighted by Crippen LogP contribution is 2.23. The second kappa shape index (κ2) is 5.78. The van der Waals surface area contributed by atoms with Gasteiger partial charge in [-0.2, -0.15) is 0 Å². The smallest absolute Gasteiger partial charge is 0.289 e. The average molecular weight is 316 g/mol. The van der Waals surface area contributed by atoms with Crippen LogP contribution in [0.25, 0.3) is 0 Å². The highest BCUT2D eigenvalue weighted by molar-refractivity contribution is 7.88. The largest absolute Gasteiger partial charge is 0.438 e. The van der Waals surface area contributed by atoms with Crippen LogP contribution in [0, 0.1) is 5.92 Å². The molecular weight excluding hydrogens is 296 g/mol. The van der Waals surface area contributed by atoms with Crippen molar-refractivity contribution in [1.29, 1.82) is 0 Å². The van der Waals surface area contributed by atoms with Crippen molar-refractivity contribution in [2.75, 3.05) is 27.2 Å². The summed E-state index contributed by atoms with van der Waals surface area (Å²) < 4.78 is 30.0. The zero-order chi connectivity index (χ0) is 15.8. The summed E-state index contributed by atoms with van der Waals surface area (Å²) in [5.41, 5.74) is 0. The Bertz CT molecular complexity index is 620. The molecule has 0 aliphatic carbocycles. The number of furan rings is 1. The molecule has 2 unspecified atom stereocenters. The van der Waals surface area contributed by atoms with Gasteiger partial charge in [0.25, 0.3) is 15.9 Å². The maximum absolute atomic E-state index is 12.3. The number of nitrogens with zero attached hydrogens (tertiary/aromatic N) is 2. The molecule has 118 valence electrons. The lowest BCUT2D eigenvalue weighted by Gasteiger charge is -2.16. The maximum atomic E-state index is 12.3. The molecule has 0 aromatic carbocycles. The van der Waals surface area contributed by atoms with Crippen LogP contribution < -0.4 is 0 Å². The molecule has 1 aromatic heterocycles. The summed E-state index contributed by atoms with van der Waals surface area (Å²) in [6, 6.07) is 2.65. The molecule has 0 bridgehead atoms. The third kappa shape index (κ3) is 3.12. The van der Waals surface area contributed by atoms with Crippen molar-refractivity contribution < 1.29 is 22.7 Å². The highest BCUT2D eigenvalue weighted by Gasteiger charge is 2.32. The van der Waals surface area contributed by atoms with Gasteiger partial charge >= 0.3 is 0 Å². The van der Waals surface area contributed by atoms with E-state index in [2.05, 4.69) is 0 Å². The van der Waals surface area contributed by atoms with Crippen LogP contribution in [0.5, 0.6) is 0 Å². The summed E-state index contributed by atoms with van der Waals surface area (Å²) in [7, 11) is -0.890. The van der Waals surface area contributed by atoms with E-state index < -0.39 is 16.1 Å². The number of sulfonamides is 1. The topological polar surface area (TPSA) is 91.1 Å². The number of carbonyl (C=O) groups excluding carboxylic acids is 1. The predicted molar refractivity (Wildman–Crippen MR) is 75.3 cm³/mol. The van der Waals surface area contributed by atoms with Crippen LogP contribution >= 0.6 is 0 Å². The molecule has 21 heavy (non-hydrogen) atoms. The van der Waals surface area contributed by atoms with Crippen LogP contribution in [0.3, 0.4) is 0 Å². The van der Waals surface area contributed by atoms with Gasteiger partial charge in [-0.25, -0.2) is 12.7 Å². The molecule has 1 aromatic rings. The Morgan fingerprint density at radius 2 is 2.14 bits per heavy atom. The molecule has 8 heteroatoms. The summed E-state index contributed by atoms with van der Waals surface area (Å²) in [5.74, 6) is -0.297. The second-order valence-corrected chi connectivity index (χ2v) is 7.53. The lowest BCUT2D eigenvalue weighted by atomic mass is 10.0. The van der Waals surface area contributed by atoms with Crippen molar-refractivity contribution in [2.24, 2.45) is 5.92 Å². The van der Waals surface area contributed by atoms with Crippen LogP contribution in [0.1, 0.15) is 23.9 Å². The fourth-order valence-corrected chi connectivity index (χ4v) is 3.07. The Hall–Kier alpha value is -1.38. The normalized spacial score (nSPS) is 21.0. The highest BCUT2D eigenvalue weighted by atomic mass is 32.2. The molecule has 2 heterocycles. The summed E-state index contributed by atoms with van der Waals surface area (Å²) in [4.78, 5) is 13.8. The summed E-state index contributed by atoms with van der Waals surface area (Å²) >= 11 is 0. The quantitative estimate of drug-likeness (QED) is 0.867. The Balaban J connectivity index is 2.14. The molecule has 1 aliphatic rings. The van der Waals surface area contributed by atoms with Gasteiger partial charge in [-0.3, -0.25) is 4.79 Å². The summed E-state index contributed by atoms with van der Waals surface area (Å²) in [6.07, 6.45) is 0.261. The average Bonchev–Trinajstić information content (AvgIpc) is 3.07. The van der Waals surface area contributed by atoms with E-state index in [-0.39, 0.29) is 22.7 Å².